The first kappa shape index (κ1) is 19.4. The van der Waals surface area contributed by atoms with Gasteiger partial charge >= 0.3 is 6.09 Å². The highest BCUT2D eigenvalue weighted by atomic mass is 16.6. The largest absolute Gasteiger partial charge is 0.444 e. The minimum absolute atomic E-state index is 0.0541. The van der Waals surface area contributed by atoms with E-state index in [1.807, 2.05) is 38.2 Å². The number of hydrogen-bond acceptors (Lipinski definition) is 4. The molecule has 1 aromatic carbocycles. The van der Waals surface area contributed by atoms with Crippen LogP contribution in [0.4, 0.5) is 4.79 Å². The standard InChI is InChI=1S/C25H31N3O3/c1-24(2,3)31-23(30)27-12-15-8-9-16(13-27)25(15)10-19(22(25)29)21-18-7-5-4-6-17(18)20-11-26-14-28(20)21/h4-7,11,14-16,19,21-22,29H,8-10,12-13H2,1-3H3/t15?,16?,19-,21-,22?,25?/m0/s1. The van der Waals surface area contributed by atoms with Crippen molar-refractivity contribution in [3.05, 3.63) is 42.4 Å². The second-order valence-corrected chi connectivity index (χ2v) is 11.0. The zero-order chi connectivity index (χ0) is 21.5. The highest BCUT2D eigenvalue weighted by molar-refractivity contribution is 5.70. The smallest absolute Gasteiger partial charge is 0.410 e. The van der Waals surface area contributed by atoms with Crippen molar-refractivity contribution in [2.24, 2.45) is 23.2 Å². The molecule has 1 N–H and O–H groups in total. The van der Waals surface area contributed by atoms with Gasteiger partial charge in [0.1, 0.15) is 5.60 Å². The number of hydrogen-bond donors (Lipinski definition) is 1. The van der Waals surface area contributed by atoms with Crippen molar-refractivity contribution in [1.82, 2.24) is 14.5 Å². The van der Waals surface area contributed by atoms with Gasteiger partial charge in [0, 0.05) is 30.0 Å². The number of ether oxygens (including phenoxy) is 1. The monoisotopic (exact) mass is 421 g/mol. The third-order valence-electron chi connectivity index (χ3n) is 8.39. The highest BCUT2D eigenvalue weighted by Crippen LogP contribution is 2.67. The summed E-state index contributed by atoms with van der Waals surface area (Å²) in [7, 11) is 0. The Morgan fingerprint density at radius 3 is 2.58 bits per heavy atom. The Labute approximate surface area is 183 Å². The highest BCUT2D eigenvalue weighted by Gasteiger charge is 2.67. The summed E-state index contributed by atoms with van der Waals surface area (Å²) in [5.41, 5.74) is 3.15. The summed E-state index contributed by atoms with van der Waals surface area (Å²) >= 11 is 0. The molecule has 2 aromatic rings. The van der Waals surface area contributed by atoms with E-state index in [1.165, 1.54) is 11.1 Å². The van der Waals surface area contributed by atoms with E-state index in [0.29, 0.717) is 24.9 Å². The van der Waals surface area contributed by atoms with Gasteiger partial charge in [-0.1, -0.05) is 24.3 Å². The quantitative estimate of drug-likeness (QED) is 0.753. The van der Waals surface area contributed by atoms with Gasteiger partial charge in [-0.05, 0) is 57.4 Å². The Morgan fingerprint density at radius 1 is 1.19 bits per heavy atom. The number of nitrogens with zero attached hydrogens (tertiary/aromatic N) is 3. The zero-order valence-corrected chi connectivity index (χ0v) is 18.5. The number of imidazole rings is 1. The maximum absolute atomic E-state index is 12.7. The van der Waals surface area contributed by atoms with Crippen LogP contribution in [0.1, 0.15) is 51.6 Å². The van der Waals surface area contributed by atoms with Crippen LogP contribution in [0.5, 0.6) is 0 Å². The Hall–Kier alpha value is -2.34. The first-order valence-corrected chi connectivity index (χ1v) is 11.6. The number of carbonyl (C=O) groups excluding carboxylic acids is 1. The fourth-order valence-corrected chi connectivity index (χ4v) is 7.17. The molecule has 3 unspecified atom stereocenters. The van der Waals surface area contributed by atoms with E-state index < -0.39 is 5.60 Å². The van der Waals surface area contributed by atoms with Crippen LogP contribution < -0.4 is 0 Å². The van der Waals surface area contributed by atoms with Crippen LogP contribution in [0.15, 0.2) is 36.8 Å². The molecule has 1 spiro atoms. The molecule has 2 saturated carbocycles. The maximum atomic E-state index is 12.7. The third kappa shape index (κ3) is 2.60. The molecular weight excluding hydrogens is 390 g/mol. The molecule has 5 atom stereocenters. The molecular formula is C25H31N3O3. The number of aliphatic hydroxyl groups excluding tert-OH is 1. The van der Waals surface area contributed by atoms with E-state index in [4.69, 9.17) is 4.74 Å². The molecule has 3 heterocycles. The number of benzene rings is 1. The molecule has 2 aliphatic heterocycles. The summed E-state index contributed by atoms with van der Waals surface area (Å²) < 4.78 is 7.89. The normalized spacial score (nSPS) is 35.6. The molecule has 3 fully saturated rings. The van der Waals surface area contributed by atoms with Crippen molar-refractivity contribution in [3.63, 3.8) is 0 Å². The van der Waals surface area contributed by atoms with Gasteiger partial charge in [-0.15, -0.1) is 0 Å². The average Bonchev–Trinajstić information content (AvgIpc) is 3.35. The molecule has 2 bridgehead atoms. The molecule has 2 aliphatic carbocycles. The van der Waals surface area contributed by atoms with E-state index in [1.54, 1.807) is 0 Å². The van der Waals surface area contributed by atoms with Gasteiger partial charge in [0.05, 0.1) is 30.4 Å². The molecule has 31 heavy (non-hydrogen) atoms. The van der Waals surface area contributed by atoms with Crippen molar-refractivity contribution in [1.29, 1.82) is 0 Å². The van der Waals surface area contributed by atoms with E-state index in [-0.39, 0.29) is 29.6 Å². The number of amides is 1. The molecule has 6 rings (SSSR count). The molecule has 0 radical (unpaired) electrons. The lowest BCUT2D eigenvalue weighted by molar-refractivity contribution is -0.194. The zero-order valence-electron chi connectivity index (χ0n) is 18.5. The lowest BCUT2D eigenvalue weighted by Gasteiger charge is -2.61. The number of likely N-dealkylation sites (tertiary alicyclic amines) is 1. The first-order valence-electron chi connectivity index (χ1n) is 11.6. The van der Waals surface area contributed by atoms with Gasteiger partial charge in [-0.3, -0.25) is 0 Å². The minimum Gasteiger partial charge on any atom is -0.444 e. The van der Waals surface area contributed by atoms with Crippen LogP contribution >= 0.6 is 0 Å². The third-order valence-corrected chi connectivity index (χ3v) is 8.39. The number of carbonyl (C=O) groups is 1. The van der Waals surface area contributed by atoms with Crippen LogP contribution in [0, 0.1) is 23.2 Å². The summed E-state index contributed by atoms with van der Waals surface area (Å²) in [5, 5.41) is 11.7. The summed E-state index contributed by atoms with van der Waals surface area (Å²) in [6.45, 7) is 7.14. The van der Waals surface area contributed by atoms with Crippen LogP contribution in [0.2, 0.25) is 0 Å². The summed E-state index contributed by atoms with van der Waals surface area (Å²) in [6.07, 6.45) is 6.48. The Balaban J connectivity index is 1.25. The summed E-state index contributed by atoms with van der Waals surface area (Å²) in [4.78, 5) is 19.0. The topological polar surface area (TPSA) is 67.6 Å². The van der Waals surface area contributed by atoms with Gasteiger partial charge in [0.2, 0.25) is 0 Å². The van der Waals surface area contributed by atoms with Gasteiger partial charge in [0.15, 0.2) is 0 Å². The second-order valence-electron chi connectivity index (χ2n) is 11.0. The SMILES string of the molecule is CC(C)(C)OC(=O)N1CC2CCC(C1)C21C[C@@H]([C@@H]2c3ccccc3-c3cncn32)C1O. The molecule has 4 aliphatic rings. The predicted molar refractivity (Wildman–Crippen MR) is 116 cm³/mol. The van der Waals surface area contributed by atoms with Crippen molar-refractivity contribution in [2.75, 3.05) is 13.1 Å². The van der Waals surface area contributed by atoms with Crippen molar-refractivity contribution < 1.29 is 14.6 Å². The minimum atomic E-state index is -0.481. The number of piperidine rings is 1. The Bertz CT molecular complexity index is 1020. The van der Waals surface area contributed by atoms with E-state index in [9.17, 15) is 9.90 Å². The lowest BCUT2D eigenvalue weighted by atomic mass is 9.48. The van der Waals surface area contributed by atoms with Crippen molar-refractivity contribution in [2.45, 2.75) is 57.8 Å². The number of aliphatic hydroxyl groups is 1. The number of fused-ring (bicyclic) bond motifs is 3. The van der Waals surface area contributed by atoms with Crippen LogP contribution in [0.3, 0.4) is 0 Å². The number of rotatable bonds is 1. The molecule has 1 amide bonds. The van der Waals surface area contributed by atoms with Crippen LogP contribution in [-0.4, -0.2) is 50.4 Å². The van der Waals surface area contributed by atoms with E-state index >= 15 is 0 Å². The lowest BCUT2D eigenvalue weighted by Crippen LogP contribution is -2.65. The summed E-state index contributed by atoms with van der Waals surface area (Å²) in [6, 6.07) is 8.67. The van der Waals surface area contributed by atoms with Crippen LogP contribution in [0.25, 0.3) is 11.3 Å². The van der Waals surface area contributed by atoms with Crippen LogP contribution in [-0.2, 0) is 4.74 Å². The summed E-state index contributed by atoms with van der Waals surface area (Å²) in [5.74, 6) is 0.889. The fourth-order valence-electron chi connectivity index (χ4n) is 7.17. The fraction of sp³-hybridized carbons (Fsp3) is 0.600. The Kier molecular flexibility index (Phi) is 3.96. The van der Waals surface area contributed by atoms with Crippen molar-refractivity contribution in [3.8, 4) is 11.3 Å². The molecule has 164 valence electrons. The van der Waals surface area contributed by atoms with Gasteiger partial charge < -0.3 is 19.3 Å². The van der Waals surface area contributed by atoms with Gasteiger partial charge in [-0.25, -0.2) is 9.78 Å². The first-order chi connectivity index (χ1) is 14.8. The molecule has 6 nitrogen and oxygen atoms in total. The van der Waals surface area contributed by atoms with Gasteiger partial charge in [0.25, 0.3) is 0 Å². The van der Waals surface area contributed by atoms with E-state index in [0.717, 1.165) is 25.0 Å². The second kappa shape index (κ2) is 6.35. The molecule has 1 aromatic heterocycles. The molecule has 6 heteroatoms. The van der Waals surface area contributed by atoms with Gasteiger partial charge in [-0.2, -0.15) is 0 Å². The van der Waals surface area contributed by atoms with E-state index in [2.05, 4.69) is 33.8 Å². The maximum Gasteiger partial charge on any atom is 0.410 e. The Morgan fingerprint density at radius 2 is 1.90 bits per heavy atom. The number of aromatic nitrogens is 2. The van der Waals surface area contributed by atoms with Crippen molar-refractivity contribution >= 4 is 6.09 Å². The predicted octanol–water partition coefficient (Wildman–Crippen LogP) is 4.10. The average molecular weight is 422 g/mol. The molecule has 1 saturated heterocycles.